The van der Waals surface area contributed by atoms with E-state index in [0.717, 1.165) is 5.46 Å². The summed E-state index contributed by atoms with van der Waals surface area (Å²) in [5.74, 6) is 0. The molecule has 2 rings (SSSR count). The van der Waals surface area contributed by atoms with Crippen LogP contribution in [0.5, 0.6) is 0 Å². The maximum atomic E-state index is 11.4. The normalized spacial score (nSPS) is 19.1. The minimum Gasteiger partial charge on any atom is -0.530 e. The van der Waals surface area contributed by atoms with E-state index in [1.165, 1.54) is 4.90 Å². The number of carboxylic acid groups (broad SMARTS) is 1. The highest BCUT2D eigenvalue weighted by Gasteiger charge is 2.51. The molecule has 5 nitrogen and oxygen atoms in total. The minimum absolute atomic E-state index is 0.161. The lowest BCUT2D eigenvalue weighted by Crippen LogP contribution is -2.51. The fourth-order valence-electron chi connectivity index (χ4n) is 2.56. The quantitative estimate of drug-likeness (QED) is 0.771. The molecule has 1 saturated heterocycles. The van der Waals surface area contributed by atoms with Gasteiger partial charge in [0.15, 0.2) is 0 Å². The average molecular weight is 367 g/mol. The summed E-state index contributed by atoms with van der Waals surface area (Å²) in [4.78, 5) is 12.7. The zero-order valence-corrected chi connectivity index (χ0v) is 16.7. The molecule has 1 aromatic rings. The summed E-state index contributed by atoms with van der Waals surface area (Å²) in [5, 5.41) is 11.9. The molecule has 138 valence electrons. The average Bonchev–Trinajstić information content (AvgIpc) is 2.64. The van der Waals surface area contributed by atoms with Crippen molar-refractivity contribution in [1.82, 2.24) is 4.90 Å². The molecule has 0 spiro atoms. The van der Waals surface area contributed by atoms with E-state index in [1.54, 1.807) is 6.07 Å². The lowest BCUT2D eigenvalue weighted by molar-refractivity contribution is -0.271. The van der Waals surface area contributed by atoms with Gasteiger partial charge >= 0.3 is 7.12 Å². The predicted octanol–water partition coefficient (Wildman–Crippen LogP) is 2.58. The van der Waals surface area contributed by atoms with Crippen LogP contribution in [0.1, 0.15) is 54.0 Å². The lowest BCUT2D eigenvalue weighted by atomic mass is 9.79. The Morgan fingerprint density at radius 1 is 1.20 bits per heavy atom. The Hall–Kier alpha value is -1.24. The third-order valence-corrected chi connectivity index (χ3v) is 5.31. The van der Waals surface area contributed by atoms with Crippen LogP contribution in [0.25, 0.3) is 0 Å². The van der Waals surface area contributed by atoms with Gasteiger partial charge in [0, 0.05) is 17.1 Å². The first-order chi connectivity index (χ1) is 11.2. The molecule has 1 fully saturated rings. The van der Waals surface area contributed by atoms with Gasteiger partial charge in [-0.05, 0) is 65.6 Å². The molecule has 0 unspecified atom stereocenters. The Balaban J connectivity index is 2.23. The molecule has 7 heteroatoms. The number of hydrogen-bond acceptors (Lipinski definition) is 4. The van der Waals surface area contributed by atoms with Crippen molar-refractivity contribution in [2.24, 2.45) is 0 Å². The van der Waals surface area contributed by atoms with Crippen molar-refractivity contribution in [1.29, 1.82) is 0 Å². The second-order valence-corrected chi connectivity index (χ2v) is 8.87. The van der Waals surface area contributed by atoms with Crippen molar-refractivity contribution in [2.45, 2.75) is 71.8 Å². The fourth-order valence-corrected chi connectivity index (χ4v) is 2.81. The smallest absolute Gasteiger partial charge is 0.494 e. The lowest BCUT2D eigenvalue weighted by Gasteiger charge is -2.38. The Morgan fingerprint density at radius 2 is 1.72 bits per heavy atom. The minimum atomic E-state index is -1.22. The first-order valence-corrected chi connectivity index (χ1v) is 8.75. The molecule has 1 aromatic carbocycles. The first-order valence-electron chi connectivity index (χ1n) is 8.37. The standard InChI is InChI=1S/C18H27BClNO4/c1-16(2,3)21(15(22)23)11-12-8-9-13(10-14(12)20)19-24-17(4,5)18(6,7)25-19/h8-10H,11H2,1-7H3,(H,22,23)/p-1. The van der Waals surface area contributed by atoms with Crippen LogP contribution >= 0.6 is 11.6 Å². The van der Waals surface area contributed by atoms with E-state index in [9.17, 15) is 9.90 Å². The highest BCUT2D eigenvalue weighted by atomic mass is 35.5. The van der Waals surface area contributed by atoms with E-state index in [2.05, 4.69) is 0 Å². The van der Waals surface area contributed by atoms with Crippen molar-refractivity contribution < 1.29 is 19.2 Å². The Kier molecular flexibility index (Phi) is 5.21. The molecule has 0 aliphatic carbocycles. The van der Waals surface area contributed by atoms with Gasteiger partial charge in [-0.2, -0.15) is 0 Å². The summed E-state index contributed by atoms with van der Waals surface area (Å²) in [6.07, 6.45) is -1.22. The number of amides is 1. The van der Waals surface area contributed by atoms with Gasteiger partial charge in [0.05, 0.1) is 11.2 Å². The van der Waals surface area contributed by atoms with Crippen LogP contribution in [-0.2, 0) is 15.9 Å². The van der Waals surface area contributed by atoms with E-state index in [1.807, 2.05) is 60.6 Å². The number of carbonyl (C=O) groups is 1. The van der Waals surface area contributed by atoms with Crippen LogP contribution in [0.15, 0.2) is 18.2 Å². The van der Waals surface area contributed by atoms with Crippen molar-refractivity contribution >= 4 is 30.3 Å². The third kappa shape index (κ3) is 4.13. The molecule has 1 amide bonds. The molecule has 0 saturated carbocycles. The zero-order valence-electron chi connectivity index (χ0n) is 16.0. The molecule has 0 radical (unpaired) electrons. The fraction of sp³-hybridized carbons (Fsp3) is 0.611. The number of benzene rings is 1. The highest BCUT2D eigenvalue weighted by Crippen LogP contribution is 2.36. The second kappa shape index (κ2) is 6.49. The van der Waals surface area contributed by atoms with Gasteiger partial charge < -0.3 is 24.1 Å². The van der Waals surface area contributed by atoms with E-state index < -0.39 is 30.0 Å². The summed E-state index contributed by atoms with van der Waals surface area (Å²) < 4.78 is 12.0. The topological polar surface area (TPSA) is 61.8 Å². The van der Waals surface area contributed by atoms with Crippen LogP contribution in [0, 0.1) is 0 Å². The number of halogens is 1. The van der Waals surface area contributed by atoms with Gasteiger partial charge in [0.2, 0.25) is 0 Å². The molecular formula is C18H26BClNO4-. The Bertz CT molecular complexity index is 654. The number of nitrogens with zero attached hydrogens (tertiary/aromatic N) is 1. The predicted molar refractivity (Wildman–Crippen MR) is 97.9 cm³/mol. The van der Waals surface area contributed by atoms with E-state index in [-0.39, 0.29) is 6.54 Å². The van der Waals surface area contributed by atoms with Crippen molar-refractivity contribution in [2.75, 3.05) is 0 Å². The van der Waals surface area contributed by atoms with Gasteiger partial charge in [-0.25, -0.2) is 0 Å². The summed E-state index contributed by atoms with van der Waals surface area (Å²) in [6.45, 7) is 13.6. The Labute approximate surface area is 155 Å². The van der Waals surface area contributed by atoms with Gasteiger partial charge in [0.25, 0.3) is 0 Å². The van der Waals surface area contributed by atoms with Crippen LogP contribution in [-0.4, -0.2) is 34.9 Å². The van der Waals surface area contributed by atoms with Gasteiger partial charge in [-0.1, -0.05) is 23.7 Å². The van der Waals surface area contributed by atoms with E-state index in [0.29, 0.717) is 10.6 Å². The molecule has 0 bridgehead atoms. The van der Waals surface area contributed by atoms with Gasteiger partial charge in [-0.15, -0.1) is 0 Å². The summed E-state index contributed by atoms with van der Waals surface area (Å²) in [5.41, 5.74) is 0.0815. The van der Waals surface area contributed by atoms with E-state index >= 15 is 0 Å². The second-order valence-electron chi connectivity index (χ2n) is 8.46. The molecular weight excluding hydrogens is 340 g/mol. The summed E-state index contributed by atoms with van der Waals surface area (Å²) in [7, 11) is -0.503. The number of carbonyl (C=O) groups excluding carboxylic acids is 1. The van der Waals surface area contributed by atoms with E-state index in [4.69, 9.17) is 20.9 Å². The largest absolute Gasteiger partial charge is 0.530 e. The maximum Gasteiger partial charge on any atom is 0.494 e. The monoisotopic (exact) mass is 366 g/mol. The Morgan fingerprint density at radius 3 is 2.12 bits per heavy atom. The molecule has 0 atom stereocenters. The zero-order chi connectivity index (χ0) is 19.2. The van der Waals surface area contributed by atoms with Crippen LogP contribution in [0.4, 0.5) is 4.79 Å². The SMILES string of the molecule is CC(C)(C)N(Cc1ccc(B2OC(C)(C)C(C)(C)O2)cc1Cl)C(=O)[O-]. The highest BCUT2D eigenvalue weighted by molar-refractivity contribution is 6.62. The van der Waals surface area contributed by atoms with Crippen molar-refractivity contribution in [3.05, 3.63) is 28.8 Å². The molecule has 25 heavy (non-hydrogen) atoms. The van der Waals surface area contributed by atoms with Crippen LogP contribution in [0.2, 0.25) is 5.02 Å². The van der Waals surface area contributed by atoms with Crippen LogP contribution < -0.4 is 10.6 Å². The molecule has 1 aliphatic rings. The van der Waals surface area contributed by atoms with Crippen molar-refractivity contribution in [3.63, 3.8) is 0 Å². The van der Waals surface area contributed by atoms with Gasteiger partial charge in [-0.3, -0.25) is 0 Å². The number of rotatable bonds is 3. The molecule has 1 aliphatic heterocycles. The summed E-state index contributed by atoms with van der Waals surface area (Å²) in [6, 6.07) is 5.44. The molecule has 0 N–H and O–H groups in total. The number of hydrogen-bond donors (Lipinski definition) is 0. The van der Waals surface area contributed by atoms with Crippen LogP contribution in [0.3, 0.4) is 0 Å². The molecule has 0 aromatic heterocycles. The maximum absolute atomic E-state index is 11.4. The van der Waals surface area contributed by atoms with Crippen molar-refractivity contribution in [3.8, 4) is 0 Å². The summed E-state index contributed by atoms with van der Waals surface area (Å²) >= 11 is 6.40. The third-order valence-electron chi connectivity index (χ3n) is 4.96. The first kappa shape index (κ1) is 20.1. The van der Waals surface area contributed by atoms with Gasteiger partial charge in [0.1, 0.15) is 6.09 Å². The molecule has 1 heterocycles.